The van der Waals surface area contributed by atoms with Gasteiger partial charge in [-0.25, -0.2) is 0 Å². The Morgan fingerprint density at radius 2 is 2.11 bits per heavy atom. The molecule has 4 nitrogen and oxygen atoms in total. The second-order valence-electron chi connectivity index (χ2n) is 5.77. The smallest absolute Gasteiger partial charge is 0.226 e. The van der Waals surface area contributed by atoms with Crippen LogP contribution in [0.1, 0.15) is 70.5 Å². The zero-order valence-electron chi connectivity index (χ0n) is 12.5. The lowest BCUT2D eigenvalue weighted by molar-refractivity contribution is 0.242. The molecule has 1 aliphatic rings. The van der Waals surface area contributed by atoms with Gasteiger partial charge in [-0.2, -0.15) is 4.98 Å². The summed E-state index contributed by atoms with van der Waals surface area (Å²) in [5, 5.41) is 7.72. The van der Waals surface area contributed by atoms with Crippen LogP contribution in [0.15, 0.2) is 4.52 Å². The van der Waals surface area contributed by atoms with Gasteiger partial charge in [0.2, 0.25) is 5.89 Å². The van der Waals surface area contributed by atoms with E-state index in [0.717, 1.165) is 31.1 Å². The average molecular weight is 265 g/mol. The van der Waals surface area contributed by atoms with E-state index in [9.17, 15) is 0 Å². The third kappa shape index (κ3) is 3.78. The van der Waals surface area contributed by atoms with Crippen LogP contribution in [-0.4, -0.2) is 22.7 Å². The monoisotopic (exact) mass is 265 g/mol. The highest BCUT2D eigenvalue weighted by Crippen LogP contribution is 2.27. The quantitative estimate of drug-likeness (QED) is 0.857. The third-order valence-electron chi connectivity index (χ3n) is 4.35. The van der Waals surface area contributed by atoms with Crippen molar-refractivity contribution in [2.45, 2.75) is 71.3 Å². The van der Waals surface area contributed by atoms with Crippen LogP contribution < -0.4 is 5.32 Å². The Bertz CT molecular complexity index is 375. The van der Waals surface area contributed by atoms with E-state index >= 15 is 0 Å². The first-order valence-corrected chi connectivity index (χ1v) is 7.80. The Morgan fingerprint density at radius 3 is 2.84 bits per heavy atom. The first kappa shape index (κ1) is 14.5. The lowest BCUT2D eigenvalue weighted by atomic mass is 9.82. The van der Waals surface area contributed by atoms with Gasteiger partial charge in [-0.15, -0.1) is 0 Å². The van der Waals surface area contributed by atoms with E-state index in [0.29, 0.717) is 17.9 Å². The molecule has 1 fully saturated rings. The number of hydrogen-bond acceptors (Lipinski definition) is 4. The molecule has 0 amide bonds. The van der Waals surface area contributed by atoms with Gasteiger partial charge in [0.15, 0.2) is 5.82 Å². The lowest BCUT2D eigenvalue weighted by Crippen LogP contribution is -2.39. The van der Waals surface area contributed by atoms with Crippen molar-refractivity contribution in [3.05, 3.63) is 11.7 Å². The molecule has 0 aliphatic heterocycles. The fourth-order valence-electron chi connectivity index (χ4n) is 2.94. The van der Waals surface area contributed by atoms with E-state index in [1.54, 1.807) is 0 Å². The van der Waals surface area contributed by atoms with Crippen LogP contribution in [0, 0.1) is 5.92 Å². The predicted molar refractivity (Wildman–Crippen MR) is 76.1 cm³/mol. The SMILES string of the molecule is CCNC1CCCCC1Cc1nc(C(C)CC)no1. The summed E-state index contributed by atoms with van der Waals surface area (Å²) in [5.74, 6) is 2.74. The van der Waals surface area contributed by atoms with Gasteiger partial charge in [0, 0.05) is 18.4 Å². The van der Waals surface area contributed by atoms with Gasteiger partial charge in [-0.1, -0.05) is 38.8 Å². The standard InChI is InChI=1S/C15H27N3O/c1-4-11(3)15-17-14(19-18-15)10-12-8-6-7-9-13(12)16-5-2/h11-13,16H,4-10H2,1-3H3. The molecule has 1 N–H and O–H groups in total. The first-order valence-electron chi connectivity index (χ1n) is 7.80. The lowest BCUT2D eigenvalue weighted by Gasteiger charge is -2.31. The molecule has 1 aromatic heterocycles. The molecular weight excluding hydrogens is 238 g/mol. The molecule has 1 heterocycles. The van der Waals surface area contributed by atoms with E-state index in [1.165, 1.54) is 25.7 Å². The maximum Gasteiger partial charge on any atom is 0.226 e. The maximum atomic E-state index is 5.43. The summed E-state index contributed by atoms with van der Waals surface area (Å²) in [6, 6.07) is 0.623. The summed E-state index contributed by atoms with van der Waals surface area (Å²) < 4.78 is 5.43. The van der Waals surface area contributed by atoms with Crippen LogP contribution in [-0.2, 0) is 6.42 Å². The highest BCUT2D eigenvalue weighted by molar-refractivity contribution is 4.95. The molecule has 3 atom stereocenters. The zero-order valence-corrected chi connectivity index (χ0v) is 12.5. The van der Waals surface area contributed by atoms with Crippen LogP contribution in [0.3, 0.4) is 0 Å². The van der Waals surface area contributed by atoms with Crippen molar-refractivity contribution >= 4 is 0 Å². The van der Waals surface area contributed by atoms with Gasteiger partial charge in [0.1, 0.15) is 0 Å². The molecule has 0 radical (unpaired) electrons. The van der Waals surface area contributed by atoms with E-state index in [4.69, 9.17) is 4.52 Å². The summed E-state index contributed by atoms with van der Waals surface area (Å²) in [6.45, 7) is 7.53. The van der Waals surface area contributed by atoms with Gasteiger partial charge in [0.05, 0.1) is 0 Å². The molecule has 1 saturated carbocycles. The van der Waals surface area contributed by atoms with Crippen LogP contribution >= 0.6 is 0 Å². The Hall–Kier alpha value is -0.900. The summed E-state index contributed by atoms with van der Waals surface area (Å²) in [4.78, 5) is 4.56. The molecular formula is C15H27N3O. The Kier molecular flexibility index (Phi) is 5.37. The molecule has 1 aromatic rings. The van der Waals surface area contributed by atoms with Crippen molar-refractivity contribution in [3.8, 4) is 0 Å². The molecule has 0 bridgehead atoms. The van der Waals surface area contributed by atoms with Gasteiger partial charge in [-0.05, 0) is 31.7 Å². The average Bonchev–Trinajstić information content (AvgIpc) is 2.89. The van der Waals surface area contributed by atoms with Crippen LogP contribution in [0.25, 0.3) is 0 Å². The summed E-state index contributed by atoms with van der Waals surface area (Å²) in [7, 11) is 0. The zero-order chi connectivity index (χ0) is 13.7. The van der Waals surface area contributed by atoms with E-state index < -0.39 is 0 Å². The number of rotatable bonds is 6. The molecule has 108 valence electrons. The highest BCUT2D eigenvalue weighted by atomic mass is 16.5. The number of nitrogens with one attached hydrogen (secondary N) is 1. The van der Waals surface area contributed by atoms with Crippen LogP contribution in [0.4, 0.5) is 0 Å². The minimum Gasteiger partial charge on any atom is -0.339 e. The largest absolute Gasteiger partial charge is 0.339 e. The minimum absolute atomic E-state index is 0.397. The normalized spacial score (nSPS) is 25.4. The first-order chi connectivity index (χ1) is 9.24. The number of aromatic nitrogens is 2. The minimum atomic E-state index is 0.397. The topological polar surface area (TPSA) is 51.0 Å². The second kappa shape index (κ2) is 7.04. The molecule has 0 saturated heterocycles. The number of nitrogens with zero attached hydrogens (tertiary/aromatic N) is 2. The predicted octanol–water partition coefficient (Wildman–Crippen LogP) is 3.29. The summed E-state index contributed by atoms with van der Waals surface area (Å²) in [5.41, 5.74) is 0. The third-order valence-corrected chi connectivity index (χ3v) is 4.35. The Labute approximate surface area is 116 Å². The number of hydrogen-bond donors (Lipinski definition) is 1. The van der Waals surface area contributed by atoms with E-state index in [1.807, 2.05) is 0 Å². The summed E-state index contributed by atoms with van der Waals surface area (Å²) >= 11 is 0. The summed E-state index contributed by atoms with van der Waals surface area (Å²) in [6.07, 6.45) is 7.22. The Balaban J connectivity index is 1.96. The molecule has 1 aliphatic carbocycles. The molecule has 4 heteroatoms. The van der Waals surface area contributed by atoms with E-state index in [2.05, 4.69) is 36.2 Å². The van der Waals surface area contributed by atoms with Crippen molar-refractivity contribution in [1.82, 2.24) is 15.5 Å². The van der Waals surface area contributed by atoms with Gasteiger partial charge >= 0.3 is 0 Å². The van der Waals surface area contributed by atoms with Gasteiger partial charge in [0.25, 0.3) is 0 Å². The molecule has 0 spiro atoms. The second-order valence-corrected chi connectivity index (χ2v) is 5.77. The van der Waals surface area contributed by atoms with Crippen LogP contribution in [0.5, 0.6) is 0 Å². The van der Waals surface area contributed by atoms with Crippen molar-refractivity contribution in [3.63, 3.8) is 0 Å². The fourth-order valence-corrected chi connectivity index (χ4v) is 2.94. The van der Waals surface area contributed by atoms with Crippen LogP contribution in [0.2, 0.25) is 0 Å². The molecule has 19 heavy (non-hydrogen) atoms. The van der Waals surface area contributed by atoms with Crippen molar-refractivity contribution < 1.29 is 4.52 Å². The Morgan fingerprint density at radius 1 is 1.32 bits per heavy atom. The molecule has 0 aromatic carbocycles. The van der Waals surface area contributed by atoms with Crippen molar-refractivity contribution in [1.29, 1.82) is 0 Å². The van der Waals surface area contributed by atoms with Crippen molar-refractivity contribution in [2.24, 2.45) is 5.92 Å². The fraction of sp³-hybridized carbons (Fsp3) is 0.867. The van der Waals surface area contributed by atoms with E-state index in [-0.39, 0.29) is 0 Å². The maximum absolute atomic E-state index is 5.43. The molecule has 3 unspecified atom stereocenters. The van der Waals surface area contributed by atoms with Gasteiger partial charge < -0.3 is 9.84 Å². The highest BCUT2D eigenvalue weighted by Gasteiger charge is 2.26. The molecule has 2 rings (SSSR count). The van der Waals surface area contributed by atoms with Crippen molar-refractivity contribution in [2.75, 3.05) is 6.54 Å². The van der Waals surface area contributed by atoms with Gasteiger partial charge in [-0.3, -0.25) is 0 Å².